The predicted octanol–water partition coefficient (Wildman–Crippen LogP) is 5.25. The molecule has 216 valence electrons. The van der Waals surface area contributed by atoms with Gasteiger partial charge < -0.3 is 28.4 Å². The number of carbonyl (C=O) groups excluding carboxylic acids is 2. The normalized spacial score (nSPS) is 31.7. The van der Waals surface area contributed by atoms with Crippen molar-refractivity contribution in [3.8, 4) is 0 Å². The summed E-state index contributed by atoms with van der Waals surface area (Å²) in [5.41, 5.74) is 1.48. The van der Waals surface area contributed by atoms with E-state index in [1.54, 1.807) is 0 Å². The van der Waals surface area contributed by atoms with E-state index in [1.807, 2.05) is 78.8 Å². The van der Waals surface area contributed by atoms with Crippen LogP contribution in [-0.4, -0.2) is 56.9 Å². The van der Waals surface area contributed by atoms with Crippen LogP contribution >= 0.6 is 0 Å². The van der Waals surface area contributed by atoms with Crippen LogP contribution in [-0.2, 0) is 50.4 Å². The van der Waals surface area contributed by atoms with Crippen molar-refractivity contribution < 1.29 is 38.0 Å². The predicted molar refractivity (Wildman–Crippen MR) is 148 cm³/mol. The third kappa shape index (κ3) is 6.02. The third-order valence-electron chi connectivity index (χ3n) is 7.77. The number of benzene rings is 1. The summed E-state index contributed by atoms with van der Waals surface area (Å²) in [6, 6.07) is 7.90. The van der Waals surface area contributed by atoms with E-state index < -0.39 is 67.3 Å². The third-order valence-corrected chi connectivity index (χ3v) is 8.84. The van der Waals surface area contributed by atoms with Crippen LogP contribution in [0.3, 0.4) is 0 Å². The van der Waals surface area contributed by atoms with Gasteiger partial charge in [-0.3, -0.25) is 4.79 Å². The Morgan fingerprint density at radius 1 is 1.03 bits per heavy atom. The van der Waals surface area contributed by atoms with Gasteiger partial charge >= 0.3 is 11.9 Å². The highest BCUT2D eigenvalue weighted by Gasteiger charge is 2.65. The molecular formula is C30H44O8Si. The summed E-state index contributed by atoms with van der Waals surface area (Å²) in [5.74, 6) is -2.21. The largest absolute Gasteiger partial charge is 0.454 e. The maximum absolute atomic E-state index is 13.4. The van der Waals surface area contributed by atoms with Crippen LogP contribution in [0.1, 0.15) is 59.6 Å². The molecule has 7 atom stereocenters. The topological polar surface area (TPSA) is 89.5 Å². The minimum atomic E-state index is -1.27. The van der Waals surface area contributed by atoms with Crippen LogP contribution in [0.2, 0.25) is 19.6 Å². The number of fused-ring (bicyclic) bond motifs is 3. The van der Waals surface area contributed by atoms with E-state index in [9.17, 15) is 9.59 Å². The number of hydrogen-bond donors (Lipinski definition) is 0. The molecule has 3 saturated heterocycles. The second kappa shape index (κ2) is 10.4. The van der Waals surface area contributed by atoms with Gasteiger partial charge in [0.2, 0.25) is 6.10 Å². The molecule has 1 aromatic carbocycles. The van der Waals surface area contributed by atoms with E-state index in [2.05, 4.69) is 19.6 Å². The number of rotatable bonds is 8. The van der Waals surface area contributed by atoms with Crippen LogP contribution in [0.15, 0.2) is 35.9 Å². The van der Waals surface area contributed by atoms with Gasteiger partial charge in [-0.1, -0.05) is 76.3 Å². The van der Waals surface area contributed by atoms with Crippen LogP contribution in [0.5, 0.6) is 0 Å². The Hall–Kier alpha value is -2.04. The lowest BCUT2D eigenvalue weighted by Gasteiger charge is -2.38. The molecule has 7 unspecified atom stereocenters. The van der Waals surface area contributed by atoms with Gasteiger partial charge in [-0.05, 0) is 38.7 Å². The molecule has 3 fully saturated rings. The molecule has 1 aromatic rings. The highest BCUT2D eigenvalue weighted by molar-refractivity contribution is 6.76. The van der Waals surface area contributed by atoms with Crippen molar-refractivity contribution in [2.45, 2.75) is 111 Å². The van der Waals surface area contributed by atoms with E-state index in [0.29, 0.717) is 6.61 Å². The molecule has 39 heavy (non-hydrogen) atoms. The van der Waals surface area contributed by atoms with Gasteiger partial charge in [0, 0.05) is 11.8 Å². The van der Waals surface area contributed by atoms with Gasteiger partial charge in [-0.25, -0.2) is 4.79 Å². The second-order valence-corrected chi connectivity index (χ2v) is 19.2. The average Bonchev–Trinajstić information content (AvgIpc) is 3.40. The zero-order valence-electron chi connectivity index (χ0n) is 25.0. The first-order valence-corrected chi connectivity index (χ1v) is 17.4. The fourth-order valence-electron chi connectivity index (χ4n) is 5.12. The van der Waals surface area contributed by atoms with Crippen LogP contribution in [0.25, 0.3) is 0 Å². The standard InChI is InChI=1S/C30H44O8Si/c1-18(2)15-29(6,28(3,4)5)27(32)36-23-21-22(34-25(23)31)24-26(35-21)38-30(7,37-24)20-13-11-19(12-14-20)16-33-17-39(8,9)10/h11-15,21-24,26H,16-17H2,1-10H3. The fraction of sp³-hybridized carbons (Fsp3) is 0.667. The number of carbonyl (C=O) groups is 2. The molecular weight excluding hydrogens is 516 g/mol. The molecule has 3 aliphatic heterocycles. The van der Waals surface area contributed by atoms with Crippen LogP contribution in [0.4, 0.5) is 0 Å². The smallest absolute Gasteiger partial charge is 0.350 e. The first-order chi connectivity index (χ1) is 17.9. The summed E-state index contributed by atoms with van der Waals surface area (Å²) >= 11 is 0. The SMILES string of the molecule is CC(C)=CC(C)(C(=O)OC1C(=O)OC2C3OC(C)(c4ccc(COC[Si](C)(C)C)cc4)OC3OC12)C(C)(C)C. The summed E-state index contributed by atoms with van der Waals surface area (Å²) in [7, 11) is -1.27. The number of hydrogen-bond acceptors (Lipinski definition) is 8. The van der Waals surface area contributed by atoms with Crippen LogP contribution < -0.4 is 0 Å². The quantitative estimate of drug-likeness (QED) is 0.242. The minimum Gasteiger partial charge on any atom is -0.454 e. The first-order valence-electron chi connectivity index (χ1n) is 13.7. The molecule has 3 aliphatic rings. The molecule has 0 bridgehead atoms. The zero-order chi connectivity index (χ0) is 29.0. The maximum atomic E-state index is 13.4. The Labute approximate surface area is 233 Å². The van der Waals surface area contributed by atoms with Gasteiger partial charge in [-0.15, -0.1) is 0 Å². The molecule has 8 nitrogen and oxygen atoms in total. The van der Waals surface area contributed by atoms with Gasteiger partial charge in [0.15, 0.2) is 24.3 Å². The molecule has 0 saturated carbocycles. The van der Waals surface area contributed by atoms with Gasteiger partial charge in [0.25, 0.3) is 0 Å². The number of esters is 2. The monoisotopic (exact) mass is 560 g/mol. The summed E-state index contributed by atoms with van der Waals surface area (Å²) in [5, 5.41) is 0. The first kappa shape index (κ1) is 29.9. The van der Waals surface area contributed by atoms with Crippen molar-refractivity contribution in [1.29, 1.82) is 0 Å². The lowest BCUT2D eigenvalue weighted by molar-refractivity contribution is -0.233. The van der Waals surface area contributed by atoms with E-state index in [1.165, 1.54) is 0 Å². The minimum absolute atomic E-state index is 0.444. The van der Waals surface area contributed by atoms with Crippen LogP contribution in [0, 0.1) is 10.8 Å². The second-order valence-electron chi connectivity index (χ2n) is 13.8. The molecule has 3 heterocycles. The number of allylic oxidation sites excluding steroid dienone is 1. The van der Waals surface area contributed by atoms with Crippen molar-refractivity contribution in [2.75, 3.05) is 6.23 Å². The molecule has 0 aliphatic carbocycles. The van der Waals surface area contributed by atoms with E-state index in [-0.39, 0.29) is 0 Å². The Morgan fingerprint density at radius 3 is 2.23 bits per heavy atom. The fourth-order valence-corrected chi connectivity index (χ4v) is 5.83. The molecule has 0 amide bonds. The van der Waals surface area contributed by atoms with Gasteiger partial charge in [-0.2, -0.15) is 0 Å². The zero-order valence-corrected chi connectivity index (χ0v) is 26.0. The van der Waals surface area contributed by atoms with Crippen molar-refractivity contribution >= 4 is 20.0 Å². The Morgan fingerprint density at radius 2 is 1.67 bits per heavy atom. The van der Waals surface area contributed by atoms with E-state index in [0.717, 1.165) is 22.9 Å². The lowest BCUT2D eigenvalue weighted by Crippen LogP contribution is -2.45. The Balaban J connectivity index is 1.42. The number of ether oxygens (including phenoxy) is 6. The summed E-state index contributed by atoms with van der Waals surface area (Å²) in [6.07, 6.45) is -1.43. The van der Waals surface area contributed by atoms with E-state index in [4.69, 9.17) is 28.4 Å². The van der Waals surface area contributed by atoms with Crippen molar-refractivity contribution in [2.24, 2.45) is 10.8 Å². The molecule has 0 N–H and O–H groups in total. The Kier molecular flexibility index (Phi) is 7.99. The van der Waals surface area contributed by atoms with Gasteiger partial charge in [0.1, 0.15) is 6.10 Å². The molecule has 0 radical (unpaired) electrons. The average molecular weight is 561 g/mol. The van der Waals surface area contributed by atoms with Gasteiger partial charge in [0.05, 0.1) is 20.1 Å². The molecule has 0 aromatic heterocycles. The van der Waals surface area contributed by atoms with E-state index >= 15 is 0 Å². The summed E-state index contributed by atoms with van der Waals surface area (Å²) in [6.45, 7) is 20.8. The highest BCUT2D eigenvalue weighted by Crippen LogP contribution is 2.48. The molecule has 9 heteroatoms. The summed E-state index contributed by atoms with van der Waals surface area (Å²) < 4.78 is 35.9. The van der Waals surface area contributed by atoms with Crippen molar-refractivity contribution in [3.05, 3.63) is 47.0 Å². The van der Waals surface area contributed by atoms with Crippen molar-refractivity contribution in [3.63, 3.8) is 0 Å². The maximum Gasteiger partial charge on any atom is 0.350 e. The molecule has 0 spiro atoms. The lowest BCUT2D eigenvalue weighted by atomic mass is 9.67. The molecule has 4 rings (SSSR count). The highest BCUT2D eigenvalue weighted by atomic mass is 28.3. The Bertz CT molecular complexity index is 1110. The summed E-state index contributed by atoms with van der Waals surface area (Å²) in [4.78, 5) is 26.2. The van der Waals surface area contributed by atoms with Crippen molar-refractivity contribution in [1.82, 2.24) is 0 Å².